The minimum atomic E-state index is -0.449. The molecule has 0 saturated carbocycles. The zero-order chi connectivity index (χ0) is 13.7. The molecule has 100 valence electrons. The number of anilines is 1. The Balaban J connectivity index is 1.85. The Morgan fingerprint density at radius 1 is 1.47 bits per heavy atom. The Hall–Kier alpha value is -2.44. The minimum absolute atomic E-state index is 0.00978. The second-order valence-electron chi connectivity index (χ2n) is 4.21. The molecule has 0 spiro atoms. The molecule has 0 atom stereocenters. The van der Waals surface area contributed by atoms with Crippen LogP contribution < -0.4 is 4.90 Å². The van der Waals surface area contributed by atoms with Gasteiger partial charge in [-0.05, 0) is 12.5 Å². The lowest BCUT2D eigenvalue weighted by molar-refractivity contribution is -0.385. The molecule has 0 radical (unpaired) electrons. The smallest absolute Gasteiger partial charge is 0.287 e. The molecule has 0 aliphatic heterocycles. The summed E-state index contributed by atoms with van der Waals surface area (Å²) in [6.45, 7) is 1.71. The zero-order valence-corrected chi connectivity index (χ0v) is 10.6. The van der Waals surface area contributed by atoms with Gasteiger partial charge in [0.05, 0.1) is 11.3 Å². The molecular formula is C12H15N5O2. The molecule has 0 aliphatic rings. The summed E-state index contributed by atoms with van der Waals surface area (Å²) in [6.07, 6.45) is 7.68. The summed E-state index contributed by atoms with van der Waals surface area (Å²) >= 11 is 0. The van der Waals surface area contributed by atoms with Gasteiger partial charge in [0.15, 0.2) is 0 Å². The Kier molecular flexibility index (Phi) is 4.07. The second kappa shape index (κ2) is 5.94. The predicted octanol–water partition coefficient (Wildman–Crippen LogP) is 1.71. The van der Waals surface area contributed by atoms with Crippen LogP contribution in [0.1, 0.15) is 6.42 Å². The summed E-state index contributed by atoms with van der Waals surface area (Å²) in [5.41, 5.74) is 0.00978. The molecule has 0 amide bonds. The molecule has 2 aromatic heterocycles. The number of rotatable bonds is 6. The van der Waals surface area contributed by atoms with Crippen LogP contribution in [-0.4, -0.2) is 33.1 Å². The van der Waals surface area contributed by atoms with Crippen LogP contribution in [0.2, 0.25) is 0 Å². The summed E-state index contributed by atoms with van der Waals surface area (Å²) in [7, 11) is 1.92. The highest BCUT2D eigenvalue weighted by Gasteiger charge is 2.07. The van der Waals surface area contributed by atoms with E-state index in [1.54, 1.807) is 18.6 Å². The lowest BCUT2D eigenvalue weighted by atomic mass is 10.3. The fourth-order valence-electron chi connectivity index (χ4n) is 1.74. The summed E-state index contributed by atoms with van der Waals surface area (Å²) in [5.74, 6) is 0.733. The van der Waals surface area contributed by atoms with Gasteiger partial charge in [0, 0.05) is 38.6 Å². The van der Waals surface area contributed by atoms with Crippen LogP contribution in [0.4, 0.5) is 11.5 Å². The molecule has 19 heavy (non-hydrogen) atoms. The largest absolute Gasteiger partial charge is 0.360 e. The molecule has 0 aliphatic carbocycles. The number of pyridine rings is 1. The standard InChI is InChI=1S/C12H15N5O2/c1-15(6-2-7-16-8-5-13-10-16)12-4-3-11(9-14-12)17(18)19/h3-5,8-10H,2,6-7H2,1H3. The van der Waals surface area contributed by atoms with Gasteiger partial charge < -0.3 is 9.47 Å². The average Bonchev–Trinajstić information content (AvgIpc) is 2.92. The van der Waals surface area contributed by atoms with Gasteiger partial charge in [0.2, 0.25) is 0 Å². The minimum Gasteiger partial charge on any atom is -0.360 e. The first-order valence-electron chi connectivity index (χ1n) is 5.94. The maximum Gasteiger partial charge on any atom is 0.287 e. The Bertz CT molecular complexity index is 524. The highest BCUT2D eigenvalue weighted by Crippen LogP contribution is 2.14. The Morgan fingerprint density at radius 2 is 2.32 bits per heavy atom. The van der Waals surface area contributed by atoms with Crippen LogP contribution >= 0.6 is 0 Å². The van der Waals surface area contributed by atoms with Crippen LogP contribution in [0, 0.1) is 10.1 Å². The van der Waals surface area contributed by atoms with Gasteiger partial charge in [0.25, 0.3) is 5.69 Å². The molecule has 0 bridgehead atoms. The van der Waals surface area contributed by atoms with Crippen molar-refractivity contribution in [2.45, 2.75) is 13.0 Å². The third-order valence-electron chi connectivity index (χ3n) is 2.80. The number of nitro groups is 1. The number of hydrogen-bond donors (Lipinski definition) is 0. The lowest BCUT2D eigenvalue weighted by Gasteiger charge is -2.17. The van der Waals surface area contributed by atoms with Crippen molar-refractivity contribution in [1.82, 2.24) is 14.5 Å². The summed E-state index contributed by atoms with van der Waals surface area (Å²) < 4.78 is 2.01. The highest BCUT2D eigenvalue weighted by atomic mass is 16.6. The van der Waals surface area contributed by atoms with Crippen LogP contribution in [0.25, 0.3) is 0 Å². The van der Waals surface area contributed by atoms with Crippen LogP contribution in [0.15, 0.2) is 37.1 Å². The van der Waals surface area contributed by atoms with Gasteiger partial charge in [0.1, 0.15) is 12.0 Å². The van der Waals surface area contributed by atoms with Crippen LogP contribution in [-0.2, 0) is 6.54 Å². The molecule has 0 aromatic carbocycles. The van der Waals surface area contributed by atoms with Gasteiger partial charge in [-0.3, -0.25) is 10.1 Å². The van der Waals surface area contributed by atoms with Gasteiger partial charge in [-0.1, -0.05) is 0 Å². The van der Waals surface area contributed by atoms with Crippen molar-refractivity contribution >= 4 is 11.5 Å². The Labute approximate surface area is 110 Å². The van der Waals surface area contributed by atoms with Crippen LogP contribution in [0.5, 0.6) is 0 Å². The van der Waals surface area contributed by atoms with E-state index in [0.717, 1.165) is 25.3 Å². The summed E-state index contributed by atoms with van der Waals surface area (Å²) in [5, 5.41) is 10.5. The fourth-order valence-corrected chi connectivity index (χ4v) is 1.74. The number of imidazole rings is 1. The molecule has 0 unspecified atom stereocenters. The van der Waals surface area contributed by atoms with Gasteiger partial charge in [-0.25, -0.2) is 9.97 Å². The van der Waals surface area contributed by atoms with Crippen molar-refractivity contribution in [3.05, 3.63) is 47.2 Å². The predicted molar refractivity (Wildman–Crippen MR) is 71.0 cm³/mol. The lowest BCUT2D eigenvalue weighted by Crippen LogP contribution is -2.20. The fraction of sp³-hybridized carbons (Fsp3) is 0.333. The first-order chi connectivity index (χ1) is 9.16. The van der Waals surface area contributed by atoms with E-state index in [4.69, 9.17) is 0 Å². The van der Waals surface area contributed by atoms with E-state index in [1.165, 1.54) is 12.3 Å². The van der Waals surface area contributed by atoms with E-state index in [1.807, 2.05) is 22.7 Å². The first kappa shape index (κ1) is 13.0. The van der Waals surface area contributed by atoms with E-state index in [-0.39, 0.29) is 5.69 Å². The number of aromatic nitrogens is 3. The average molecular weight is 261 g/mol. The molecule has 2 heterocycles. The van der Waals surface area contributed by atoms with Crippen molar-refractivity contribution < 1.29 is 4.92 Å². The number of hydrogen-bond acceptors (Lipinski definition) is 5. The van der Waals surface area contributed by atoms with E-state index in [2.05, 4.69) is 9.97 Å². The molecule has 0 saturated heterocycles. The maximum absolute atomic E-state index is 10.5. The molecule has 2 rings (SSSR count). The van der Waals surface area contributed by atoms with Crippen molar-refractivity contribution in [3.8, 4) is 0 Å². The van der Waals surface area contributed by atoms with Crippen molar-refractivity contribution in [3.63, 3.8) is 0 Å². The van der Waals surface area contributed by atoms with E-state index >= 15 is 0 Å². The van der Waals surface area contributed by atoms with E-state index < -0.39 is 4.92 Å². The summed E-state index contributed by atoms with van der Waals surface area (Å²) in [6, 6.07) is 3.13. The van der Waals surface area contributed by atoms with Gasteiger partial charge in [-0.2, -0.15) is 0 Å². The molecule has 2 aromatic rings. The van der Waals surface area contributed by atoms with Crippen molar-refractivity contribution in [2.75, 3.05) is 18.5 Å². The topological polar surface area (TPSA) is 77.1 Å². The first-order valence-corrected chi connectivity index (χ1v) is 5.94. The molecule has 7 nitrogen and oxygen atoms in total. The van der Waals surface area contributed by atoms with E-state index in [0.29, 0.717) is 0 Å². The molecule has 0 N–H and O–H groups in total. The molecule has 0 fully saturated rings. The SMILES string of the molecule is CN(CCCn1ccnc1)c1ccc([N+](=O)[O-])cn1. The second-order valence-corrected chi connectivity index (χ2v) is 4.21. The third kappa shape index (κ3) is 3.51. The number of aryl methyl sites for hydroxylation is 1. The normalized spacial score (nSPS) is 10.4. The van der Waals surface area contributed by atoms with Crippen molar-refractivity contribution in [1.29, 1.82) is 0 Å². The Morgan fingerprint density at radius 3 is 2.89 bits per heavy atom. The maximum atomic E-state index is 10.5. The van der Waals surface area contributed by atoms with Crippen LogP contribution in [0.3, 0.4) is 0 Å². The molecular weight excluding hydrogens is 246 g/mol. The zero-order valence-electron chi connectivity index (χ0n) is 10.6. The molecule has 7 heteroatoms. The van der Waals surface area contributed by atoms with Gasteiger partial charge in [-0.15, -0.1) is 0 Å². The number of nitrogens with zero attached hydrogens (tertiary/aromatic N) is 5. The van der Waals surface area contributed by atoms with Crippen molar-refractivity contribution in [2.24, 2.45) is 0 Å². The highest BCUT2D eigenvalue weighted by molar-refractivity contribution is 5.41. The summed E-state index contributed by atoms with van der Waals surface area (Å²) in [4.78, 5) is 20.1. The third-order valence-corrected chi connectivity index (χ3v) is 2.80. The monoisotopic (exact) mass is 261 g/mol. The van der Waals surface area contributed by atoms with Gasteiger partial charge >= 0.3 is 0 Å². The van der Waals surface area contributed by atoms with E-state index in [9.17, 15) is 10.1 Å². The quantitative estimate of drug-likeness (QED) is 0.584.